The van der Waals surface area contributed by atoms with Crippen LogP contribution < -0.4 is 10.6 Å². The standard InChI is InChI=1S/C51H34N4OS/c1-3-11-31(12-4-1)49-52-50(32-13-5-2-6-14-32)54-51(53-49)35-20-24-46-40(29-35)39-27-33(19-23-45(39)56-46)34-21-25-47-41(28-34)42-30-36(22-26-48(42)57-47)55-43-17-9-7-15-37(43)38-16-8-10-18-44(38)55/h1-30,49-50,52H,(H,53,54). The molecule has 6 heteroatoms. The fourth-order valence-electron chi connectivity index (χ4n) is 8.72. The normalized spacial score (nSPS) is 15.9. The summed E-state index contributed by atoms with van der Waals surface area (Å²) >= 11 is 1.85. The van der Waals surface area contributed by atoms with Crippen LogP contribution in [0.2, 0.25) is 0 Å². The van der Waals surface area contributed by atoms with Gasteiger partial charge in [0.05, 0.1) is 11.0 Å². The van der Waals surface area contributed by atoms with Gasteiger partial charge in [-0.3, -0.25) is 5.32 Å². The molecule has 4 heterocycles. The molecule has 0 fully saturated rings. The van der Waals surface area contributed by atoms with Crippen molar-refractivity contribution in [3.63, 3.8) is 0 Å². The van der Waals surface area contributed by atoms with Crippen molar-refractivity contribution in [2.45, 2.75) is 12.3 Å². The third-order valence-electron chi connectivity index (χ3n) is 11.5. The molecule has 5 nitrogen and oxygen atoms in total. The molecule has 1 aliphatic rings. The lowest BCUT2D eigenvalue weighted by Gasteiger charge is -2.32. The second kappa shape index (κ2) is 12.8. The molecule has 0 radical (unpaired) electrons. The Kier molecular flexibility index (Phi) is 7.24. The van der Waals surface area contributed by atoms with Gasteiger partial charge in [0.2, 0.25) is 0 Å². The van der Waals surface area contributed by atoms with E-state index in [0.29, 0.717) is 0 Å². The van der Waals surface area contributed by atoms with Crippen LogP contribution in [0, 0.1) is 0 Å². The number of benzene rings is 8. The monoisotopic (exact) mass is 750 g/mol. The summed E-state index contributed by atoms with van der Waals surface area (Å²) in [5.41, 5.74) is 11.0. The highest BCUT2D eigenvalue weighted by atomic mass is 32.1. The Morgan fingerprint density at radius 3 is 1.72 bits per heavy atom. The summed E-state index contributed by atoms with van der Waals surface area (Å²) in [7, 11) is 0. The Bertz CT molecular complexity index is 3320. The molecule has 57 heavy (non-hydrogen) atoms. The van der Waals surface area contributed by atoms with Crippen molar-refractivity contribution < 1.29 is 4.42 Å². The molecule has 2 unspecified atom stereocenters. The first-order valence-electron chi connectivity index (χ1n) is 19.3. The van der Waals surface area contributed by atoms with Crippen molar-refractivity contribution in [3.8, 4) is 16.8 Å². The third-order valence-corrected chi connectivity index (χ3v) is 12.6. The molecule has 12 rings (SSSR count). The van der Waals surface area contributed by atoms with E-state index < -0.39 is 0 Å². The average Bonchev–Trinajstić information content (AvgIpc) is 3.95. The lowest BCUT2D eigenvalue weighted by molar-refractivity contribution is 0.409. The van der Waals surface area contributed by atoms with E-state index in [2.05, 4.69) is 185 Å². The molecular formula is C51H34N4OS. The Morgan fingerprint density at radius 2 is 1.02 bits per heavy atom. The smallest absolute Gasteiger partial charge is 0.135 e. The molecule has 0 saturated heterocycles. The molecule has 2 atom stereocenters. The summed E-state index contributed by atoms with van der Waals surface area (Å²) in [6.45, 7) is 0. The van der Waals surface area contributed by atoms with E-state index in [1.54, 1.807) is 0 Å². The number of hydrogen-bond donors (Lipinski definition) is 2. The molecule has 3 aromatic heterocycles. The SMILES string of the molecule is c1ccc(C2N=C(c3ccc4oc5ccc(-c6ccc7sc8ccc(-n9c%10ccccc%10c%10ccccc%109)cc8c7c6)cc5c4c3)NC(c3ccccc3)N2)cc1. The molecule has 270 valence electrons. The van der Waals surface area contributed by atoms with Gasteiger partial charge in [-0.1, -0.05) is 109 Å². The van der Waals surface area contributed by atoms with Crippen LogP contribution in [0.25, 0.3) is 80.7 Å². The summed E-state index contributed by atoms with van der Waals surface area (Å²) in [6, 6.07) is 65.1. The van der Waals surface area contributed by atoms with Gasteiger partial charge in [-0.15, -0.1) is 11.3 Å². The lowest BCUT2D eigenvalue weighted by Crippen LogP contribution is -2.44. The van der Waals surface area contributed by atoms with Gasteiger partial charge in [-0.05, 0) is 95.1 Å². The van der Waals surface area contributed by atoms with Crippen molar-refractivity contribution >= 4 is 81.1 Å². The number of nitrogens with zero attached hydrogens (tertiary/aromatic N) is 2. The number of hydrogen-bond acceptors (Lipinski definition) is 5. The van der Waals surface area contributed by atoms with Gasteiger partial charge < -0.3 is 14.3 Å². The van der Waals surface area contributed by atoms with Gasteiger partial charge in [0.1, 0.15) is 29.3 Å². The fourth-order valence-corrected chi connectivity index (χ4v) is 9.78. The molecule has 11 aromatic rings. The molecular weight excluding hydrogens is 717 g/mol. The van der Waals surface area contributed by atoms with E-state index in [0.717, 1.165) is 50.0 Å². The molecule has 0 amide bonds. The molecule has 8 aromatic carbocycles. The van der Waals surface area contributed by atoms with Crippen LogP contribution in [0.15, 0.2) is 191 Å². The van der Waals surface area contributed by atoms with E-state index in [4.69, 9.17) is 9.41 Å². The van der Waals surface area contributed by atoms with Crippen molar-refractivity contribution in [3.05, 3.63) is 199 Å². The van der Waals surface area contributed by atoms with Crippen LogP contribution in [0.1, 0.15) is 29.0 Å². The zero-order valence-corrected chi connectivity index (χ0v) is 31.5. The Balaban J connectivity index is 0.951. The largest absolute Gasteiger partial charge is 0.456 e. The number of thiophene rings is 1. The highest BCUT2D eigenvalue weighted by Gasteiger charge is 2.26. The minimum absolute atomic E-state index is 0.103. The number of furan rings is 1. The van der Waals surface area contributed by atoms with E-state index >= 15 is 0 Å². The molecule has 0 spiro atoms. The number of rotatable bonds is 5. The van der Waals surface area contributed by atoms with Crippen LogP contribution in [0.3, 0.4) is 0 Å². The van der Waals surface area contributed by atoms with Gasteiger partial charge in [-0.25, -0.2) is 4.99 Å². The van der Waals surface area contributed by atoms with Crippen molar-refractivity contribution in [1.82, 2.24) is 15.2 Å². The topological polar surface area (TPSA) is 54.5 Å². The molecule has 0 bridgehead atoms. The second-order valence-electron chi connectivity index (χ2n) is 14.8. The van der Waals surface area contributed by atoms with Crippen LogP contribution >= 0.6 is 11.3 Å². The zero-order valence-electron chi connectivity index (χ0n) is 30.7. The quantitative estimate of drug-likeness (QED) is 0.184. The predicted octanol–water partition coefficient (Wildman–Crippen LogP) is 13.1. The van der Waals surface area contributed by atoms with Crippen LogP contribution in [-0.2, 0) is 0 Å². The highest BCUT2D eigenvalue weighted by molar-refractivity contribution is 7.25. The average molecular weight is 751 g/mol. The first-order valence-corrected chi connectivity index (χ1v) is 20.2. The van der Waals surface area contributed by atoms with Gasteiger partial charge in [0.25, 0.3) is 0 Å². The van der Waals surface area contributed by atoms with Crippen LogP contribution in [0.5, 0.6) is 0 Å². The summed E-state index contributed by atoms with van der Waals surface area (Å²) in [5, 5.41) is 14.6. The lowest BCUT2D eigenvalue weighted by atomic mass is 10.00. The predicted molar refractivity (Wildman–Crippen MR) is 238 cm³/mol. The van der Waals surface area contributed by atoms with Gasteiger partial charge >= 0.3 is 0 Å². The maximum Gasteiger partial charge on any atom is 0.135 e. The van der Waals surface area contributed by atoms with E-state index in [1.807, 2.05) is 23.5 Å². The Morgan fingerprint density at radius 1 is 0.474 bits per heavy atom. The summed E-state index contributed by atoms with van der Waals surface area (Å²) in [6.07, 6.45) is -0.300. The molecule has 0 aliphatic carbocycles. The van der Waals surface area contributed by atoms with Crippen LogP contribution in [-0.4, -0.2) is 10.4 Å². The van der Waals surface area contributed by atoms with E-state index in [-0.39, 0.29) is 12.3 Å². The van der Waals surface area contributed by atoms with E-state index in [1.165, 1.54) is 53.2 Å². The minimum Gasteiger partial charge on any atom is -0.456 e. The number of amidine groups is 1. The zero-order chi connectivity index (χ0) is 37.5. The first kappa shape index (κ1) is 32.3. The summed E-state index contributed by atoms with van der Waals surface area (Å²) < 4.78 is 11.4. The van der Waals surface area contributed by atoms with Crippen LogP contribution in [0.4, 0.5) is 0 Å². The van der Waals surface area contributed by atoms with Gasteiger partial charge in [-0.2, -0.15) is 0 Å². The molecule has 0 saturated carbocycles. The summed E-state index contributed by atoms with van der Waals surface area (Å²) in [5.74, 6) is 0.846. The van der Waals surface area contributed by atoms with E-state index in [9.17, 15) is 0 Å². The first-order chi connectivity index (χ1) is 28.2. The maximum absolute atomic E-state index is 6.42. The van der Waals surface area contributed by atoms with Gasteiger partial charge in [0.15, 0.2) is 0 Å². The number of aromatic nitrogens is 1. The number of nitrogens with one attached hydrogen (secondary N) is 2. The Labute approximate surface area is 332 Å². The number of aliphatic imine (C=N–C) groups is 1. The fraction of sp³-hybridized carbons (Fsp3) is 0.0392. The second-order valence-corrected chi connectivity index (χ2v) is 15.9. The number of para-hydroxylation sites is 2. The molecule has 2 N–H and O–H groups in total. The van der Waals surface area contributed by atoms with Crippen molar-refractivity contribution in [2.75, 3.05) is 0 Å². The van der Waals surface area contributed by atoms with Crippen molar-refractivity contribution in [2.24, 2.45) is 4.99 Å². The Hall–Kier alpha value is -6.99. The number of fused-ring (bicyclic) bond motifs is 9. The minimum atomic E-state index is -0.197. The highest BCUT2D eigenvalue weighted by Crippen LogP contribution is 2.41. The van der Waals surface area contributed by atoms with Gasteiger partial charge in [0, 0.05) is 53.0 Å². The summed E-state index contributed by atoms with van der Waals surface area (Å²) in [4.78, 5) is 5.20. The third kappa shape index (κ3) is 5.30. The maximum atomic E-state index is 6.42. The van der Waals surface area contributed by atoms with Crippen molar-refractivity contribution in [1.29, 1.82) is 0 Å². The molecule has 1 aliphatic heterocycles.